The van der Waals surface area contributed by atoms with Gasteiger partial charge in [0.15, 0.2) is 0 Å². The van der Waals surface area contributed by atoms with Crippen molar-refractivity contribution < 1.29 is 5.11 Å². The van der Waals surface area contributed by atoms with Gasteiger partial charge in [0.1, 0.15) is 5.82 Å². The van der Waals surface area contributed by atoms with Crippen molar-refractivity contribution in [2.45, 2.75) is 25.8 Å². The van der Waals surface area contributed by atoms with Crippen molar-refractivity contribution in [3.05, 3.63) is 23.9 Å². The van der Waals surface area contributed by atoms with Crippen molar-refractivity contribution in [2.24, 2.45) is 0 Å². The molecule has 1 fully saturated rings. The van der Waals surface area contributed by atoms with Crippen LogP contribution in [0, 0.1) is 6.92 Å². The van der Waals surface area contributed by atoms with Gasteiger partial charge in [0, 0.05) is 18.8 Å². The summed E-state index contributed by atoms with van der Waals surface area (Å²) >= 11 is 0. The summed E-state index contributed by atoms with van der Waals surface area (Å²) < 4.78 is 0. The molecule has 0 spiro atoms. The largest absolute Gasteiger partial charge is 0.395 e. The molecule has 0 bridgehead atoms. The Labute approximate surface area is 84.4 Å². The first kappa shape index (κ1) is 9.46. The van der Waals surface area contributed by atoms with Crippen LogP contribution >= 0.6 is 0 Å². The summed E-state index contributed by atoms with van der Waals surface area (Å²) in [6, 6.07) is 4.68. The fourth-order valence-corrected chi connectivity index (χ4v) is 1.66. The molecule has 1 aromatic rings. The van der Waals surface area contributed by atoms with Gasteiger partial charge in [-0.15, -0.1) is 0 Å². The highest BCUT2D eigenvalue weighted by atomic mass is 16.3. The molecule has 14 heavy (non-hydrogen) atoms. The molecule has 3 nitrogen and oxygen atoms in total. The maximum Gasteiger partial charge on any atom is 0.129 e. The molecule has 3 heteroatoms. The number of pyridine rings is 1. The molecule has 1 saturated carbocycles. The quantitative estimate of drug-likeness (QED) is 0.782. The van der Waals surface area contributed by atoms with Crippen LogP contribution in [0.4, 0.5) is 5.82 Å². The van der Waals surface area contributed by atoms with E-state index in [2.05, 4.69) is 22.9 Å². The Balaban J connectivity index is 2.16. The maximum atomic E-state index is 8.97. The lowest BCUT2D eigenvalue weighted by Crippen LogP contribution is -2.29. The number of aliphatic hydroxyl groups is 1. The molecular weight excluding hydrogens is 176 g/mol. The van der Waals surface area contributed by atoms with Gasteiger partial charge in [0.2, 0.25) is 0 Å². The van der Waals surface area contributed by atoms with E-state index in [9.17, 15) is 0 Å². The van der Waals surface area contributed by atoms with E-state index in [4.69, 9.17) is 5.11 Å². The molecule has 0 aromatic carbocycles. The van der Waals surface area contributed by atoms with Crippen LogP contribution in [-0.4, -0.2) is 29.3 Å². The first-order chi connectivity index (χ1) is 6.81. The smallest absolute Gasteiger partial charge is 0.129 e. The van der Waals surface area contributed by atoms with Crippen molar-refractivity contribution in [1.29, 1.82) is 0 Å². The van der Waals surface area contributed by atoms with Crippen LogP contribution in [0.1, 0.15) is 18.4 Å². The predicted octanol–water partition coefficient (Wildman–Crippen LogP) is 1.35. The third kappa shape index (κ3) is 2.04. The maximum absolute atomic E-state index is 8.97. The van der Waals surface area contributed by atoms with Gasteiger partial charge in [-0.1, -0.05) is 0 Å². The molecule has 0 radical (unpaired) electrons. The normalized spacial score (nSPS) is 15.6. The lowest BCUT2D eigenvalue weighted by Gasteiger charge is -2.22. The molecule has 0 aliphatic heterocycles. The minimum atomic E-state index is 0.201. The highest BCUT2D eigenvalue weighted by Gasteiger charge is 2.29. The van der Waals surface area contributed by atoms with Crippen LogP contribution < -0.4 is 4.90 Å². The Morgan fingerprint density at radius 3 is 2.93 bits per heavy atom. The van der Waals surface area contributed by atoms with Crippen LogP contribution in [-0.2, 0) is 0 Å². The highest BCUT2D eigenvalue weighted by molar-refractivity contribution is 5.43. The van der Waals surface area contributed by atoms with Crippen molar-refractivity contribution in [2.75, 3.05) is 18.1 Å². The Kier molecular flexibility index (Phi) is 2.68. The average molecular weight is 192 g/mol. The van der Waals surface area contributed by atoms with E-state index in [0.29, 0.717) is 12.6 Å². The van der Waals surface area contributed by atoms with E-state index in [-0.39, 0.29) is 6.61 Å². The second-order valence-corrected chi connectivity index (χ2v) is 3.84. The number of rotatable bonds is 4. The summed E-state index contributed by atoms with van der Waals surface area (Å²) in [6.07, 6.45) is 4.29. The van der Waals surface area contributed by atoms with Crippen LogP contribution in [0.2, 0.25) is 0 Å². The summed E-state index contributed by atoms with van der Waals surface area (Å²) in [4.78, 5) is 6.54. The van der Waals surface area contributed by atoms with Crippen molar-refractivity contribution >= 4 is 5.82 Å². The molecule has 76 valence electrons. The van der Waals surface area contributed by atoms with Crippen LogP contribution in [0.15, 0.2) is 18.3 Å². The molecule has 1 aliphatic carbocycles. The van der Waals surface area contributed by atoms with E-state index >= 15 is 0 Å². The van der Waals surface area contributed by atoms with Gasteiger partial charge in [0.05, 0.1) is 6.61 Å². The first-order valence-electron chi connectivity index (χ1n) is 5.11. The number of anilines is 1. The lowest BCUT2D eigenvalue weighted by atomic mass is 10.3. The van der Waals surface area contributed by atoms with Gasteiger partial charge in [0.25, 0.3) is 0 Å². The summed E-state index contributed by atoms with van der Waals surface area (Å²) in [5.74, 6) is 1.00. The average Bonchev–Trinajstić information content (AvgIpc) is 2.97. The van der Waals surface area contributed by atoms with E-state index in [0.717, 1.165) is 5.82 Å². The van der Waals surface area contributed by atoms with Gasteiger partial charge >= 0.3 is 0 Å². The van der Waals surface area contributed by atoms with E-state index in [1.165, 1.54) is 18.4 Å². The Morgan fingerprint density at radius 1 is 1.57 bits per heavy atom. The first-order valence-corrected chi connectivity index (χ1v) is 5.11. The predicted molar refractivity (Wildman–Crippen MR) is 56.4 cm³/mol. The summed E-state index contributed by atoms with van der Waals surface area (Å²) in [5, 5.41) is 8.97. The molecule has 0 unspecified atom stereocenters. The minimum Gasteiger partial charge on any atom is -0.395 e. The van der Waals surface area contributed by atoms with E-state index < -0.39 is 0 Å². The number of nitrogens with zero attached hydrogens (tertiary/aromatic N) is 2. The standard InChI is InChI=1S/C11H16N2O/c1-9-4-5-12-11(8-9)13(6-7-14)10-2-3-10/h4-5,8,10,14H,2-3,6-7H2,1H3. The van der Waals surface area contributed by atoms with Crippen molar-refractivity contribution in [3.63, 3.8) is 0 Å². The van der Waals surface area contributed by atoms with E-state index in [1.54, 1.807) is 0 Å². The summed E-state index contributed by atoms with van der Waals surface area (Å²) in [6.45, 7) is 2.96. The zero-order valence-electron chi connectivity index (χ0n) is 8.48. The molecule has 1 aromatic heterocycles. The summed E-state index contributed by atoms with van der Waals surface area (Å²) in [5.41, 5.74) is 1.22. The Hall–Kier alpha value is -1.09. The molecule has 1 aliphatic rings. The SMILES string of the molecule is Cc1ccnc(N(CCO)C2CC2)c1. The molecule has 0 atom stereocenters. The Morgan fingerprint density at radius 2 is 2.36 bits per heavy atom. The van der Waals surface area contributed by atoms with Crippen LogP contribution in [0.3, 0.4) is 0 Å². The zero-order chi connectivity index (χ0) is 9.97. The molecule has 1 heterocycles. The van der Waals surface area contributed by atoms with Crippen molar-refractivity contribution in [1.82, 2.24) is 4.98 Å². The lowest BCUT2D eigenvalue weighted by molar-refractivity contribution is 0.301. The number of aromatic nitrogens is 1. The third-order valence-corrected chi connectivity index (χ3v) is 2.52. The minimum absolute atomic E-state index is 0.201. The topological polar surface area (TPSA) is 36.4 Å². The molecular formula is C11H16N2O. The van der Waals surface area contributed by atoms with Gasteiger partial charge in [-0.3, -0.25) is 0 Å². The Bertz CT molecular complexity index is 310. The van der Waals surface area contributed by atoms with Crippen LogP contribution in [0.25, 0.3) is 0 Å². The second-order valence-electron chi connectivity index (χ2n) is 3.84. The number of aliphatic hydroxyl groups excluding tert-OH is 1. The van der Waals surface area contributed by atoms with Crippen LogP contribution in [0.5, 0.6) is 0 Å². The molecule has 1 N–H and O–H groups in total. The molecule has 2 rings (SSSR count). The fourth-order valence-electron chi connectivity index (χ4n) is 1.66. The highest BCUT2D eigenvalue weighted by Crippen LogP contribution is 2.30. The third-order valence-electron chi connectivity index (χ3n) is 2.52. The number of aryl methyl sites for hydroxylation is 1. The van der Waals surface area contributed by atoms with Gasteiger partial charge < -0.3 is 10.0 Å². The number of hydrogen-bond donors (Lipinski definition) is 1. The second kappa shape index (κ2) is 3.96. The van der Waals surface area contributed by atoms with Gasteiger partial charge in [-0.25, -0.2) is 4.98 Å². The van der Waals surface area contributed by atoms with Gasteiger partial charge in [-0.2, -0.15) is 0 Å². The van der Waals surface area contributed by atoms with Crippen molar-refractivity contribution in [3.8, 4) is 0 Å². The summed E-state index contributed by atoms with van der Waals surface area (Å²) in [7, 11) is 0. The zero-order valence-corrected chi connectivity index (χ0v) is 8.48. The van der Waals surface area contributed by atoms with Gasteiger partial charge in [-0.05, 0) is 37.5 Å². The number of hydrogen-bond acceptors (Lipinski definition) is 3. The van der Waals surface area contributed by atoms with E-state index in [1.807, 2.05) is 12.3 Å². The molecule has 0 saturated heterocycles. The monoisotopic (exact) mass is 192 g/mol. The molecule has 0 amide bonds. The fraction of sp³-hybridized carbons (Fsp3) is 0.545.